The number of likely N-dealkylation sites (N-methyl/N-ethyl adjacent to an activating group) is 1. The van der Waals surface area contributed by atoms with E-state index in [9.17, 15) is 4.79 Å². The van der Waals surface area contributed by atoms with Crippen molar-refractivity contribution in [3.8, 4) is 17.1 Å². The molecule has 2 N–H and O–H groups in total. The van der Waals surface area contributed by atoms with Crippen LogP contribution in [0.4, 0.5) is 11.5 Å². The lowest BCUT2D eigenvalue weighted by atomic mass is 10.1. The second-order valence-electron chi connectivity index (χ2n) is 8.21. The molecule has 8 nitrogen and oxygen atoms in total. The number of hydrogen-bond donors (Lipinski definition) is 2. The van der Waals surface area contributed by atoms with E-state index in [4.69, 9.17) is 14.7 Å². The highest BCUT2D eigenvalue weighted by molar-refractivity contribution is 6.01. The number of aromatic amines is 1. The molecule has 2 aliphatic heterocycles. The smallest absolute Gasteiger partial charge is 0.205 e. The average Bonchev–Trinajstić information content (AvgIpc) is 3.43. The van der Waals surface area contributed by atoms with Crippen LogP contribution in [0.25, 0.3) is 22.6 Å². The van der Waals surface area contributed by atoms with Crippen molar-refractivity contribution in [2.75, 3.05) is 43.4 Å². The van der Waals surface area contributed by atoms with Gasteiger partial charge in [0.15, 0.2) is 17.2 Å². The molecule has 0 amide bonds. The number of anilines is 2. The summed E-state index contributed by atoms with van der Waals surface area (Å²) >= 11 is 0. The highest BCUT2D eigenvalue weighted by Gasteiger charge is 2.21. The fourth-order valence-electron chi connectivity index (χ4n) is 4.08. The first-order valence-corrected chi connectivity index (χ1v) is 10.7. The van der Waals surface area contributed by atoms with E-state index in [2.05, 4.69) is 33.2 Å². The maximum Gasteiger partial charge on any atom is 0.205 e. The third-order valence-electron chi connectivity index (χ3n) is 5.99. The van der Waals surface area contributed by atoms with E-state index < -0.39 is 0 Å². The van der Waals surface area contributed by atoms with E-state index in [1.165, 1.54) is 12.2 Å². The molecule has 8 heteroatoms. The predicted molar refractivity (Wildman–Crippen MR) is 124 cm³/mol. The van der Waals surface area contributed by atoms with Crippen molar-refractivity contribution < 1.29 is 9.53 Å². The lowest BCUT2D eigenvalue weighted by Crippen LogP contribution is -2.44. The first-order chi connectivity index (χ1) is 15.6. The Morgan fingerprint density at radius 2 is 1.78 bits per heavy atom. The molecular formula is C24H22N6O2. The van der Waals surface area contributed by atoms with Crippen molar-refractivity contribution in [1.82, 2.24) is 19.9 Å². The zero-order valence-electron chi connectivity index (χ0n) is 17.6. The Labute approximate surface area is 184 Å². The minimum absolute atomic E-state index is 0.0265. The van der Waals surface area contributed by atoms with Crippen LogP contribution in [-0.4, -0.2) is 58.9 Å². The maximum atomic E-state index is 11.4. The van der Waals surface area contributed by atoms with Crippen molar-refractivity contribution >= 4 is 28.5 Å². The zero-order chi connectivity index (χ0) is 21.7. The zero-order valence-corrected chi connectivity index (χ0v) is 17.6. The number of hydrogen-bond acceptors (Lipinski definition) is 7. The lowest BCUT2D eigenvalue weighted by Gasteiger charge is -2.33. The molecule has 6 rings (SSSR count). The number of allylic oxidation sites excluding steroid dienone is 5. The van der Waals surface area contributed by atoms with E-state index in [0.29, 0.717) is 11.5 Å². The van der Waals surface area contributed by atoms with Crippen LogP contribution in [0.5, 0.6) is 5.75 Å². The molecule has 0 saturated carbocycles. The van der Waals surface area contributed by atoms with Crippen LogP contribution >= 0.6 is 0 Å². The molecule has 0 atom stereocenters. The summed E-state index contributed by atoms with van der Waals surface area (Å²) in [5, 5.41) is 3.26. The lowest BCUT2D eigenvalue weighted by molar-refractivity contribution is -0.110. The monoisotopic (exact) mass is 426 g/mol. The molecule has 2 aromatic heterocycles. The number of rotatable bonds is 2. The number of fused-ring (bicyclic) bond motifs is 2. The van der Waals surface area contributed by atoms with Crippen LogP contribution in [0.2, 0.25) is 0 Å². The van der Waals surface area contributed by atoms with Gasteiger partial charge in [-0.3, -0.25) is 4.79 Å². The number of piperazine rings is 1. The molecule has 3 aliphatic rings. The van der Waals surface area contributed by atoms with Crippen LogP contribution in [0.3, 0.4) is 0 Å². The quantitative estimate of drug-likeness (QED) is 0.651. The minimum atomic E-state index is -0.0265. The van der Waals surface area contributed by atoms with E-state index in [1.54, 1.807) is 12.2 Å². The predicted octanol–water partition coefficient (Wildman–Crippen LogP) is 3.09. The van der Waals surface area contributed by atoms with Crippen LogP contribution in [-0.2, 0) is 4.79 Å². The molecule has 1 fully saturated rings. The first-order valence-electron chi connectivity index (χ1n) is 10.7. The fourth-order valence-corrected chi connectivity index (χ4v) is 4.08. The number of ether oxygens (including phenoxy) is 1. The number of ketones is 1. The van der Waals surface area contributed by atoms with E-state index in [-0.39, 0.29) is 5.78 Å². The van der Waals surface area contributed by atoms with Gasteiger partial charge in [0.1, 0.15) is 11.6 Å². The number of carbonyl (C=O) groups is 1. The Balaban J connectivity index is 1.27. The summed E-state index contributed by atoms with van der Waals surface area (Å²) in [6.07, 6.45) is 6.56. The molecular weight excluding hydrogens is 404 g/mol. The van der Waals surface area contributed by atoms with Gasteiger partial charge in [0.2, 0.25) is 5.88 Å². The molecule has 0 spiro atoms. The SMILES string of the molecule is CN1CCN(c2ccc3[nH]c(-c4ccc5c(c4)OC(=C4C=CC(=O)C=C4)N5)nc3n2)CC1. The molecule has 1 aromatic carbocycles. The molecule has 0 radical (unpaired) electrons. The Morgan fingerprint density at radius 3 is 2.59 bits per heavy atom. The summed E-state index contributed by atoms with van der Waals surface area (Å²) in [6.45, 7) is 4.01. The van der Waals surface area contributed by atoms with Gasteiger partial charge in [-0.25, -0.2) is 9.97 Å². The Morgan fingerprint density at radius 1 is 0.969 bits per heavy atom. The molecule has 1 saturated heterocycles. The van der Waals surface area contributed by atoms with Gasteiger partial charge in [0.05, 0.1) is 11.2 Å². The molecule has 32 heavy (non-hydrogen) atoms. The Bertz CT molecular complexity index is 1310. The third kappa shape index (κ3) is 3.34. The Kier molecular flexibility index (Phi) is 4.32. The maximum absolute atomic E-state index is 11.4. The second-order valence-corrected chi connectivity index (χ2v) is 8.21. The van der Waals surface area contributed by atoms with Crippen LogP contribution in [0.1, 0.15) is 0 Å². The number of imidazole rings is 1. The van der Waals surface area contributed by atoms with Gasteiger partial charge < -0.3 is 24.8 Å². The molecule has 3 aromatic rings. The van der Waals surface area contributed by atoms with Crippen molar-refractivity contribution in [2.24, 2.45) is 0 Å². The van der Waals surface area contributed by atoms with Crippen LogP contribution in [0, 0.1) is 0 Å². The molecule has 0 bridgehead atoms. The van der Waals surface area contributed by atoms with E-state index >= 15 is 0 Å². The van der Waals surface area contributed by atoms with E-state index in [1.807, 2.05) is 24.3 Å². The molecule has 4 heterocycles. The van der Waals surface area contributed by atoms with Crippen molar-refractivity contribution in [1.29, 1.82) is 0 Å². The third-order valence-corrected chi connectivity index (χ3v) is 5.99. The first kappa shape index (κ1) is 18.8. The molecule has 160 valence electrons. The van der Waals surface area contributed by atoms with Crippen molar-refractivity contribution in [2.45, 2.75) is 0 Å². The summed E-state index contributed by atoms with van der Waals surface area (Å²) in [7, 11) is 2.15. The largest absolute Gasteiger partial charge is 0.438 e. The van der Waals surface area contributed by atoms with Gasteiger partial charge in [0, 0.05) is 37.3 Å². The average molecular weight is 426 g/mol. The highest BCUT2D eigenvalue weighted by Crippen LogP contribution is 2.38. The van der Waals surface area contributed by atoms with Gasteiger partial charge in [0.25, 0.3) is 0 Å². The van der Waals surface area contributed by atoms with Crippen LogP contribution < -0.4 is 15.0 Å². The minimum Gasteiger partial charge on any atom is -0.438 e. The highest BCUT2D eigenvalue weighted by atomic mass is 16.5. The second kappa shape index (κ2) is 7.35. The number of nitrogens with one attached hydrogen (secondary N) is 2. The van der Waals surface area contributed by atoms with Crippen LogP contribution in [0.15, 0.2) is 66.1 Å². The topological polar surface area (TPSA) is 86.4 Å². The number of carbonyl (C=O) groups excluding carboxylic acids is 1. The molecule has 0 unspecified atom stereocenters. The standard InChI is InChI=1S/C24H22N6O2/c1-29-10-12-30(13-11-29)21-9-8-19-23(27-21)28-22(25-19)16-4-7-18-20(14-16)32-24(26-18)15-2-5-17(31)6-3-15/h2-9,14,26H,10-13H2,1H3,(H,25,27,28). The summed E-state index contributed by atoms with van der Waals surface area (Å²) in [5.74, 6) is 3.02. The number of aromatic nitrogens is 3. The van der Waals surface area contributed by atoms with Gasteiger partial charge in [-0.1, -0.05) is 0 Å². The van der Waals surface area contributed by atoms with Gasteiger partial charge in [-0.05, 0) is 61.7 Å². The summed E-state index contributed by atoms with van der Waals surface area (Å²) in [4.78, 5) is 28.9. The summed E-state index contributed by atoms with van der Waals surface area (Å²) in [5.41, 5.74) is 4.23. The normalized spacial score (nSPS) is 18.3. The molecule has 1 aliphatic carbocycles. The van der Waals surface area contributed by atoms with Gasteiger partial charge >= 0.3 is 0 Å². The fraction of sp³-hybridized carbons (Fsp3) is 0.208. The number of benzene rings is 1. The number of H-pyrrole nitrogens is 1. The Hall–Kier alpha value is -3.91. The summed E-state index contributed by atoms with van der Waals surface area (Å²) < 4.78 is 6.01. The number of nitrogens with zero attached hydrogens (tertiary/aromatic N) is 4. The van der Waals surface area contributed by atoms with E-state index in [0.717, 1.165) is 65.9 Å². The summed E-state index contributed by atoms with van der Waals surface area (Å²) in [6, 6.07) is 10.0. The van der Waals surface area contributed by atoms with Crippen molar-refractivity contribution in [3.05, 3.63) is 66.1 Å². The van der Waals surface area contributed by atoms with Gasteiger partial charge in [-0.2, -0.15) is 0 Å². The number of pyridine rings is 1. The van der Waals surface area contributed by atoms with Gasteiger partial charge in [-0.15, -0.1) is 0 Å². The van der Waals surface area contributed by atoms with Crippen molar-refractivity contribution in [3.63, 3.8) is 0 Å².